The van der Waals surface area contributed by atoms with Gasteiger partial charge in [0.25, 0.3) is 5.91 Å². The van der Waals surface area contributed by atoms with Gasteiger partial charge in [0.2, 0.25) is 5.91 Å². The van der Waals surface area contributed by atoms with Crippen LogP contribution in [0.15, 0.2) is 22.7 Å². The van der Waals surface area contributed by atoms with Crippen molar-refractivity contribution in [1.29, 1.82) is 0 Å². The molecule has 2 aliphatic rings. The molecule has 1 unspecified atom stereocenters. The van der Waals surface area contributed by atoms with Gasteiger partial charge in [-0.2, -0.15) is 0 Å². The molecule has 130 valence electrons. The highest BCUT2D eigenvalue weighted by molar-refractivity contribution is 9.10. The summed E-state index contributed by atoms with van der Waals surface area (Å²) in [6.07, 6.45) is 2.60. The van der Waals surface area contributed by atoms with E-state index in [-0.39, 0.29) is 23.8 Å². The Bertz CT molecular complexity index is 649. The third kappa shape index (κ3) is 3.64. The zero-order valence-corrected chi connectivity index (χ0v) is 15.6. The van der Waals surface area contributed by atoms with E-state index in [0.29, 0.717) is 13.1 Å². The third-order valence-electron chi connectivity index (χ3n) is 5.01. The Hall–Kier alpha value is -1.40. The SMILES string of the molecule is Cc1cc(Br)ccc1C(=O)N1CCCC(C(=O)N2CC[C@@H](N)C2)C1. The van der Waals surface area contributed by atoms with Gasteiger partial charge in [-0.1, -0.05) is 15.9 Å². The predicted molar refractivity (Wildman–Crippen MR) is 96.7 cm³/mol. The lowest BCUT2D eigenvalue weighted by Gasteiger charge is -2.34. The third-order valence-corrected chi connectivity index (χ3v) is 5.51. The molecule has 0 bridgehead atoms. The molecule has 1 aromatic rings. The fourth-order valence-electron chi connectivity index (χ4n) is 3.65. The van der Waals surface area contributed by atoms with Crippen LogP contribution in [0.4, 0.5) is 0 Å². The average molecular weight is 394 g/mol. The topological polar surface area (TPSA) is 66.6 Å². The molecule has 2 saturated heterocycles. The summed E-state index contributed by atoms with van der Waals surface area (Å²) in [4.78, 5) is 29.2. The van der Waals surface area contributed by atoms with Gasteiger partial charge >= 0.3 is 0 Å². The number of likely N-dealkylation sites (tertiary alicyclic amines) is 2. The summed E-state index contributed by atoms with van der Waals surface area (Å²) in [6.45, 7) is 4.57. The van der Waals surface area contributed by atoms with Crippen LogP contribution in [0, 0.1) is 12.8 Å². The number of halogens is 1. The first-order valence-electron chi connectivity index (χ1n) is 8.55. The second-order valence-electron chi connectivity index (χ2n) is 6.88. The molecule has 0 aromatic heterocycles. The first kappa shape index (κ1) is 17.4. The van der Waals surface area contributed by atoms with Gasteiger partial charge in [0.1, 0.15) is 0 Å². The Balaban J connectivity index is 1.68. The number of nitrogens with zero attached hydrogens (tertiary/aromatic N) is 2. The summed E-state index contributed by atoms with van der Waals surface area (Å²) in [6, 6.07) is 5.79. The second-order valence-corrected chi connectivity index (χ2v) is 7.80. The Kier molecular flexibility index (Phi) is 5.25. The molecule has 5 nitrogen and oxygen atoms in total. The van der Waals surface area contributed by atoms with Crippen LogP contribution in [-0.4, -0.2) is 53.8 Å². The van der Waals surface area contributed by atoms with Crippen molar-refractivity contribution >= 4 is 27.7 Å². The summed E-state index contributed by atoms with van der Waals surface area (Å²) in [5.41, 5.74) is 7.58. The van der Waals surface area contributed by atoms with E-state index in [1.165, 1.54) is 0 Å². The van der Waals surface area contributed by atoms with Crippen LogP contribution in [0.1, 0.15) is 35.2 Å². The van der Waals surface area contributed by atoms with Crippen molar-refractivity contribution in [3.63, 3.8) is 0 Å². The van der Waals surface area contributed by atoms with Crippen LogP contribution in [0.3, 0.4) is 0 Å². The molecule has 2 aliphatic heterocycles. The van der Waals surface area contributed by atoms with Crippen LogP contribution in [0.25, 0.3) is 0 Å². The molecular formula is C18H24BrN3O2. The standard InChI is InChI=1S/C18H24BrN3O2/c1-12-9-14(19)4-5-16(12)18(24)21-7-2-3-13(10-21)17(23)22-8-6-15(20)11-22/h4-5,9,13,15H,2-3,6-8,10-11,20H2,1H3/t13?,15-/m1/s1. The summed E-state index contributed by atoms with van der Waals surface area (Å²) in [5.74, 6) is 0.0901. The summed E-state index contributed by atoms with van der Waals surface area (Å²) in [5, 5.41) is 0. The van der Waals surface area contributed by atoms with Crippen LogP contribution < -0.4 is 5.73 Å². The molecule has 2 amide bonds. The molecule has 6 heteroatoms. The first-order valence-corrected chi connectivity index (χ1v) is 9.35. The molecule has 2 atom stereocenters. The van der Waals surface area contributed by atoms with Crippen LogP contribution in [0.5, 0.6) is 0 Å². The number of carbonyl (C=O) groups is 2. The smallest absolute Gasteiger partial charge is 0.254 e. The minimum absolute atomic E-state index is 0.0237. The lowest BCUT2D eigenvalue weighted by molar-refractivity contribution is -0.135. The molecule has 0 aliphatic carbocycles. The van der Waals surface area contributed by atoms with Gasteiger partial charge in [-0.25, -0.2) is 0 Å². The van der Waals surface area contributed by atoms with Crippen molar-refractivity contribution in [2.75, 3.05) is 26.2 Å². The van der Waals surface area contributed by atoms with Crippen molar-refractivity contribution in [2.24, 2.45) is 11.7 Å². The number of carbonyl (C=O) groups excluding carboxylic acids is 2. The van der Waals surface area contributed by atoms with E-state index in [9.17, 15) is 9.59 Å². The Morgan fingerprint density at radius 1 is 1.17 bits per heavy atom. The maximum absolute atomic E-state index is 12.8. The van der Waals surface area contributed by atoms with Crippen molar-refractivity contribution in [3.8, 4) is 0 Å². The molecule has 0 radical (unpaired) electrons. The van der Waals surface area contributed by atoms with Crippen LogP contribution >= 0.6 is 15.9 Å². The van der Waals surface area contributed by atoms with Crippen molar-refractivity contribution in [3.05, 3.63) is 33.8 Å². The van der Waals surface area contributed by atoms with Crippen molar-refractivity contribution in [2.45, 2.75) is 32.2 Å². The Morgan fingerprint density at radius 3 is 2.62 bits per heavy atom. The van der Waals surface area contributed by atoms with E-state index in [1.807, 2.05) is 34.9 Å². The van der Waals surface area contributed by atoms with Gasteiger partial charge in [-0.15, -0.1) is 0 Å². The highest BCUT2D eigenvalue weighted by Crippen LogP contribution is 2.24. The van der Waals surface area contributed by atoms with E-state index in [4.69, 9.17) is 5.73 Å². The monoisotopic (exact) mass is 393 g/mol. The normalized spacial score (nSPS) is 24.3. The van der Waals surface area contributed by atoms with Gasteiger partial charge in [0, 0.05) is 42.3 Å². The molecule has 24 heavy (non-hydrogen) atoms. The number of rotatable bonds is 2. The lowest BCUT2D eigenvalue weighted by atomic mass is 9.95. The Morgan fingerprint density at radius 2 is 1.96 bits per heavy atom. The average Bonchev–Trinajstić information content (AvgIpc) is 3.00. The molecule has 3 rings (SSSR count). The van der Waals surface area contributed by atoms with Crippen molar-refractivity contribution < 1.29 is 9.59 Å². The van der Waals surface area contributed by atoms with Gasteiger partial charge in [-0.05, 0) is 49.9 Å². The summed E-state index contributed by atoms with van der Waals surface area (Å²) >= 11 is 3.43. The number of benzene rings is 1. The van der Waals surface area contributed by atoms with E-state index in [1.54, 1.807) is 0 Å². The maximum atomic E-state index is 12.8. The van der Waals surface area contributed by atoms with Crippen LogP contribution in [0.2, 0.25) is 0 Å². The quantitative estimate of drug-likeness (QED) is 0.836. The molecule has 0 spiro atoms. The predicted octanol–water partition coefficient (Wildman–Crippen LogP) is 2.17. The molecule has 1 aromatic carbocycles. The molecular weight excluding hydrogens is 370 g/mol. The number of hydrogen-bond donors (Lipinski definition) is 1. The fourth-order valence-corrected chi connectivity index (χ4v) is 4.12. The van der Waals surface area contributed by atoms with Crippen molar-refractivity contribution in [1.82, 2.24) is 9.80 Å². The minimum Gasteiger partial charge on any atom is -0.341 e. The molecule has 0 saturated carbocycles. The fraction of sp³-hybridized carbons (Fsp3) is 0.556. The maximum Gasteiger partial charge on any atom is 0.254 e. The number of nitrogens with two attached hydrogens (primary N) is 1. The van der Waals surface area contributed by atoms with E-state index >= 15 is 0 Å². The zero-order valence-electron chi connectivity index (χ0n) is 14.0. The van der Waals surface area contributed by atoms with Gasteiger partial charge in [0.15, 0.2) is 0 Å². The van der Waals surface area contributed by atoms with E-state index < -0.39 is 0 Å². The number of aryl methyl sites for hydroxylation is 1. The second kappa shape index (κ2) is 7.23. The van der Waals surface area contributed by atoms with Gasteiger partial charge in [-0.3, -0.25) is 9.59 Å². The minimum atomic E-state index is -0.0937. The highest BCUT2D eigenvalue weighted by atomic mass is 79.9. The molecule has 2 fully saturated rings. The van der Waals surface area contributed by atoms with Crippen LogP contribution in [-0.2, 0) is 4.79 Å². The lowest BCUT2D eigenvalue weighted by Crippen LogP contribution is -2.46. The zero-order chi connectivity index (χ0) is 17.3. The van der Waals surface area contributed by atoms with Gasteiger partial charge in [0.05, 0.1) is 5.92 Å². The highest BCUT2D eigenvalue weighted by Gasteiger charge is 2.34. The largest absolute Gasteiger partial charge is 0.341 e. The number of hydrogen-bond acceptors (Lipinski definition) is 3. The summed E-state index contributed by atoms with van der Waals surface area (Å²) in [7, 11) is 0. The number of piperidine rings is 1. The molecule has 2 N–H and O–H groups in total. The molecule has 2 heterocycles. The van der Waals surface area contributed by atoms with E-state index in [0.717, 1.165) is 48.0 Å². The first-order chi connectivity index (χ1) is 11.5. The Labute approximate surface area is 151 Å². The number of amides is 2. The summed E-state index contributed by atoms with van der Waals surface area (Å²) < 4.78 is 0.966. The van der Waals surface area contributed by atoms with E-state index in [2.05, 4.69) is 15.9 Å². The van der Waals surface area contributed by atoms with Gasteiger partial charge < -0.3 is 15.5 Å².